The van der Waals surface area contributed by atoms with Gasteiger partial charge in [0.2, 0.25) is 11.5 Å². The molecule has 3 aromatic carbocycles. The minimum Gasteiger partial charge on any atom is -0.467 e. The highest BCUT2D eigenvalue weighted by Crippen LogP contribution is 2.48. The second-order valence-corrected chi connectivity index (χ2v) is 8.41. The number of benzene rings is 3. The highest BCUT2D eigenvalue weighted by Gasteiger charge is 2.53. The van der Waals surface area contributed by atoms with E-state index in [0.29, 0.717) is 15.6 Å². The van der Waals surface area contributed by atoms with Crippen LogP contribution < -0.4 is 0 Å². The third-order valence-electron chi connectivity index (χ3n) is 5.85. The van der Waals surface area contributed by atoms with E-state index in [1.807, 2.05) is 48.5 Å². The second-order valence-electron chi connectivity index (χ2n) is 7.56. The number of nitrogens with zero attached hydrogens (tertiary/aromatic N) is 1. The van der Waals surface area contributed by atoms with Crippen molar-refractivity contribution in [3.63, 3.8) is 0 Å². The molecule has 2 atom stereocenters. The molecule has 1 amide bonds. The van der Waals surface area contributed by atoms with Crippen molar-refractivity contribution in [2.24, 2.45) is 0 Å². The first-order chi connectivity index (χ1) is 15.4. The Bertz CT molecular complexity index is 1210. The Morgan fingerprint density at radius 1 is 1.06 bits per heavy atom. The van der Waals surface area contributed by atoms with Crippen molar-refractivity contribution in [3.8, 4) is 11.1 Å². The highest BCUT2D eigenvalue weighted by atomic mass is 79.9. The van der Waals surface area contributed by atoms with Crippen LogP contribution in [0.25, 0.3) is 11.1 Å². The number of methoxy groups -OCH3 is 1. The molecule has 0 aliphatic carbocycles. The number of hydrogen-bond donors (Lipinski definition) is 1. The van der Waals surface area contributed by atoms with Crippen LogP contribution in [-0.2, 0) is 26.5 Å². The lowest BCUT2D eigenvalue weighted by Crippen LogP contribution is -2.51. The van der Waals surface area contributed by atoms with E-state index in [0.717, 1.165) is 16.7 Å². The predicted octanol–water partition coefficient (Wildman–Crippen LogP) is 4.75. The van der Waals surface area contributed by atoms with Crippen LogP contribution in [0.3, 0.4) is 0 Å². The summed E-state index contributed by atoms with van der Waals surface area (Å²) in [5.74, 6) is -1.27. The Morgan fingerprint density at radius 2 is 1.69 bits per heavy atom. The average molecular weight is 492 g/mol. The van der Waals surface area contributed by atoms with Gasteiger partial charge in [0.15, 0.2) is 0 Å². The lowest BCUT2D eigenvalue weighted by atomic mass is 9.79. The SMILES string of the molecule is C=CC(=O)N1Cc2ccccc2-c2ccccc2C1[C@@](O)(C(=O)OC)c1ccccc1Br. The lowest BCUT2D eigenvalue weighted by molar-refractivity contribution is -0.175. The molecule has 0 bridgehead atoms. The largest absolute Gasteiger partial charge is 0.467 e. The van der Waals surface area contributed by atoms with E-state index in [9.17, 15) is 14.7 Å². The van der Waals surface area contributed by atoms with Crippen molar-refractivity contribution in [1.82, 2.24) is 4.90 Å². The number of carbonyl (C=O) groups is 2. The zero-order valence-electron chi connectivity index (χ0n) is 17.5. The van der Waals surface area contributed by atoms with Crippen LogP contribution in [0, 0.1) is 0 Å². The standard InChI is InChI=1S/C26H22BrNO4/c1-3-23(29)28-16-17-10-4-5-11-18(17)19-12-6-7-13-20(19)24(28)26(31,25(30)32-2)21-14-8-9-15-22(21)27/h3-15,24,31H,1,16H2,2H3/t24?,26-/m1/s1. The van der Waals surface area contributed by atoms with Gasteiger partial charge in [-0.15, -0.1) is 0 Å². The Labute approximate surface area is 195 Å². The lowest BCUT2D eigenvalue weighted by Gasteiger charge is -2.41. The maximum absolute atomic E-state index is 13.3. The first-order valence-electron chi connectivity index (χ1n) is 10.1. The molecule has 6 heteroatoms. The van der Waals surface area contributed by atoms with Crippen LogP contribution in [0.1, 0.15) is 22.7 Å². The molecule has 5 nitrogen and oxygen atoms in total. The van der Waals surface area contributed by atoms with E-state index in [1.54, 1.807) is 24.3 Å². The number of carbonyl (C=O) groups excluding carboxylic acids is 2. The Hall–Kier alpha value is -3.22. The number of ether oxygens (including phenoxy) is 1. The van der Waals surface area contributed by atoms with Crippen LogP contribution in [0.5, 0.6) is 0 Å². The average Bonchev–Trinajstić information content (AvgIpc) is 2.98. The Balaban J connectivity index is 2.09. The summed E-state index contributed by atoms with van der Waals surface area (Å²) < 4.78 is 5.63. The van der Waals surface area contributed by atoms with Crippen molar-refractivity contribution >= 4 is 27.8 Å². The van der Waals surface area contributed by atoms with E-state index >= 15 is 0 Å². The summed E-state index contributed by atoms with van der Waals surface area (Å²) in [4.78, 5) is 27.9. The summed E-state index contributed by atoms with van der Waals surface area (Å²) in [6.07, 6.45) is 1.20. The Kier molecular flexibility index (Phi) is 6.00. The van der Waals surface area contributed by atoms with E-state index in [1.165, 1.54) is 18.1 Å². The number of esters is 1. The van der Waals surface area contributed by atoms with E-state index in [-0.39, 0.29) is 6.54 Å². The third kappa shape index (κ3) is 3.45. The maximum atomic E-state index is 13.3. The minimum atomic E-state index is -2.19. The number of rotatable bonds is 4. The molecule has 1 unspecified atom stereocenters. The van der Waals surface area contributed by atoms with Gasteiger partial charge in [0, 0.05) is 16.6 Å². The van der Waals surface area contributed by atoms with Gasteiger partial charge in [0.25, 0.3) is 0 Å². The van der Waals surface area contributed by atoms with Crippen LogP contribution >= 0.6 is 15.9 Å². The van der Waals surface area contributed by atoms with Gasteiger partial charge < -0.3 is 14.7 Å². The third-order valence-corrected chi connectivity index (χ3v) is 6.54. The number of fused-ring (bicyclic) bond motifs is 3. The molecule has 1 aliphatic heterocycles. The molecule has 4 rings (SSSR count). The number of amides is 1. The summed E-state index contributed by atoms with van der Waals surface area (Å²) in [6, 6.07) is 21.1. The molecule has 0 spiro atoms. The molecular weight excluding hydrogens is 470 g/mol. The molecule has 0 saturated heterocycles. The fraction of sp³-hybridized carbons (Fsp3) is 0.154. The van der Waals surface area contributed by atoms with Gasteiger partial charge in [-0.25, -0.2) is 4.79 Å². The molecule has 0 saturated carbocycles. The van der Waals surface area contributed by atoms with Gasteiger partial charge in [-0.3, -0.25) is 4.79 Å². The summed E-state index contributed by atoms with van der Waals surface area (Å²) in [5, 5.41) is 12.2. The molecule has 0 radical (unpaired) electrons. The van der Waals surface area contributed by atoms with Crippen molar-refractivity contribution in [2.45, 2.75) is 18.2 Å². The first-order valence-corrected chi connectivity index (χ1v) is 10.9. The second kappa shape index (κ2) is 8.73. The van der Waals surface area contributed by atoms with E-state index in [2.05, 4.69) is 22.5 Å². The van der Waals surface area contributed by atoms with Crippen LogP contribution in [0.15, 0.2) is 89.9 Å². The highest BCUT2D eigenvalue weighted by molar-refractivity contribution is 9.10. The number of halogens is 1. The Morgan fingerprint density at radius 3 is 2.38 bits per heavy atom. The van der Waals surface area contributed by atoms with Crippen LogP contribution in [0.4, 0.5) is 0 Å². The maximum Gasteiger partial charge on any atom is 0.345 e. The fourth-order valence-corrected chi connectivity index (χ4v) is 5.00. The molecular formula is C26H22BrNO4. The van der Waals surface area contributed by atoms with E-state index in [4.69, 9.17) is 4.74 Å². The zero-order chi connectivity index (χ0) is 22.9. The smallest absolute Gasteiger partial charge is 0.345 e. The molecule has 0 aromatic heterocycles. The van der Waals surface area contributed by atoms with Gasteiger partial charge in [-0.05, 0) is 34.4 Å². The summed E-state index contributed by atoms with van der Waals surface area (Å²) in [7, 11) is 1.22. The van der Waals surface area contributed by atoms with E-state index < -0.39 is 23.5 Å². The van der Waals surface area contributed by atoms with Crippen LogP contribution in [0.2, 0.25) is 0 Å². The predicted molar refractivity (Wildman–Crippen MR) is 125 cm³/mol. The zero-order valence-corrected chi connectivity index (χ0v) is 19.1. The molecule has 162 valence electrons. The molecule has 1 heterocycles. The van der Waals surface area contributed by atoms with Crippen LogP contribution in [-0.4, -0.2) is 29.0 Å². The van der Waals surface area contributed by atoms with Crippen molar-refractivity contribution < 1.29 is 19.4 Å². The van der Waals surface area contributed by atoms with Gasteiger partial charge in [0.05, 0.1) is 7.11 Å². The fourth-order valence-electron chi connectivity index (χ4n) is 4.41. The first kappa shape index (κ1) is 22.0. The normalized spacial score (nSPS) is 16.7. The summed E-state index contributed by atoms with van der Waals surface area (Å²) in [5.41, 5.74) is 1.42. The van der Waals surface area contributed by atoms with Crippen molar-refractivity contribution in [2.75, 3.05) is 7.11 Å². The van der Waals surface area contributed by atoms with Crippen molar-refractivity contribution in [1.29, 1.82) is 0 Å². The van der Waals surface area contributed by atoms with Crippen molar-refractivity contribution in [3.05, 3.63) is 107 Å². The molecule has 3 aromatic rings. The number of aliphatic hydroxyl groups is 1. The summed E-state index contributed by atoms with van der Waals surface area (Å²) >= 11 is 3.47. The summed E-state index contributed by atoms with van der Waals surface area (Å²) in [6.45, 7) is 3.84. The monoisotopic (exact) mass is 491 g/mol. The van der Waals surface area contributed by atoms with Gasteiger partial charge in [-0.2, -0.15) is 0 Å². The molecule has 1 aliphatic rings. The molecule has 1 N–H and O–H groups in total. The molecule has 0 fully saturated rings. The minimum absolute atomic E-state index is 0.185. The van der Waals surface area contributed by atoms with Gasteiger partial charge >= 0.3 is 5.97 Å². The van der Waals surface area contributed by atoms with Gasteiger partial charge in [-0.1, -0.05) is 89.2 Å². The number of hydrogen-bond acceptors (Lipinski definition) is 4. The van der Waals surface area contributed by atoms with Gasteiger partial charge in [0.1, 0.15) is 6.04 Å². The molecule has 32 heavy (non-hydrogen) atoms. The topological polar surface area (TPSA) is 66.8 Å². The quantitative estimate of drug-likeness (QED) is 0.422.